The third kappa shape index (κ3) is 3.64. The van der Waals surface area contributed by atoms with Crippen molar-refractivity contribution in [1.29, 1.82) is 5.26 Å². The van der Waals surface area contributed by atoms with Crippen LogP contribution in [0.2, 0.25) is 5.02 Å². The number of nitriles is 1. The molecule has 2 heterocycles. The molecule has 3 unspecified atom stereocenters. The molecule has 1 N–H and O–H groups in total. The van der Waals surface area contributed by atoms with Crippen LogP contribution in [0.5, 0.6) is 0 Å². The molecule has 2 fully saturated rings. The van der Waals surface area contributed by atoms with E-state index in [0.29, 0.717) is 17.0 Å². The Hall–Kier alpha value is -3.39. The highest BCUT2D eigenvalue weighted by atomic mass is 35.5. The summed E-state index contributed by atoms with van der Waals surface area (Å²) in [4.78, 5) is 10.8. The van der Waals surface area contributed by atoms with Gasteiger partial charge in [-0.1, -0.05) is 79.2 Å². The number of H-pyrrole nitrogens is 1. The largest absolute Gasteiger partial charge is 0.338 e. The fourth-order valence-corrected chi connectivity index (χ4v) is 7.54. The SMILES string of the molecule is C[C@H]1CN(C2CCC(C#N)(c3ccc(-c4nc5cc(Cl)ccc5[nH]4)cc3)C2)CCC12C=Cc1ccccc12. The number of piperidine rings is 1. The third-order valence-electron chi connectivity index (χ3n) is 9.60. The van der Waals surface area contributed by atoms with Crippen molar-refractivity contribution in [3.63, 3.8) is 0 Å². The lowest BCUT2D eigenvalue weighted by Gasteiger charge is -2.46. The summed E-state index contributed by atoms with van der Waals surface area (Å²) >= 11 is 6.14. The molecule has 4 aromatic rings. The normalized spacial score (nSPS) is 28.7. The topological polar surface area (TPSA) is 55.7 Å². The van der Waals surface area contributed by atoms with Crippen molar-refractivity contribution in [2.45, 2.75) is 49.5 Å². The maximum atomic E-state index is 10.4. The van der Waals surface area contributed by atoms with E-state index in [9.17, 15) is 5.26 Å². The Balaban J connectivity index is 1.08. The zero-order valence-electron chi connectivity index (χ0n) is 21.6. The van der Waals surface area contributed by atoms with Gasteiger partial charge in [-0.15, -0.1) is 0 Å². The highest BCUT2D eigenvalue weighted by Gasteiger charge is 2.48. The second-order valence-corrected chi connectivity index (χ2v) is 12.0. The van der Waals surface area contributed by atoms with Crippen molar-refractivity contribution in [3.8, 4) is 17.5 Å². The molecular formula is C33H31ClN4. The molecule has 1 aromatic heterocycles. The van der Waals surface area contributed by atoms with E-state index in [1.165, 1.54) is 11.1 Å². The molecule has 1 aliphatic heterocycles. The van der Waals surface area contributed by atoms with Gasteiger partial charge < -0.3 is 4.98 Å². The summed E-state index contributed by atoms with van der Waals surface area (Å²) in [6.45, 7) is 4.58. The first kappa shape index (κ1) is 23.7. The molecule has 4 nitrogen and oxygen atoms in total. The first-order valence-electron chi connectivity index (χ1n) is 13.7. The second-order valence-electron chi connectivity index (χ2n) is 11.5. The fraction of sp³-hybridized carbons (Fsp3) is 0.333. The highest BCUT2D eigenvalue weighted by Crippen LogP contribution is 2.49. The Morgan fingerprint density at radius 1 is 1.08 bits per heavy atom. The summed E-state index contributed by atoms with van der Waals surface area (Å²) in [6, 6.07) is 26.2. The maximum Gasteiger partial charge on any atom is 0.138 e. The summed E-state index contributed by atoms with van der Waals surface area (Å²) in [5.41, 5.74) is 6.58. The molecule has 190 valence electrons. The van der Waals surface area contributed by atoms with Crippen molar-refractivity contribution >= 4 is 28.7 Å². The molecular weight excluding hydrogens is 488 g/mol. The van der Waals surface area contributed by atoms with Gasteiger partial charge >= 0.3 is 0 Å². The minimum Gasteiger partial charge on any atom is -0.338 e. The smallest absolute Gasteiger partial charge is 0.138 e. The number of rotatable bonds is 3. The first-order chi connectivity index (χ1) is 18.5. The summed E-state index contributed by atoms with van der Waals surface area (Å²) in [7, 11) is 0. The molecule has 3 aliphatic rings. The molecule has 0 amide bonds. The van der Waals surface area contributed by atoms with E-state index in [2.05, 4.69) is 83.6 Å². The van der Waals surface area contributed by atoms with Gasteiger partial charge in [-0.05, 0) is 73.0 Å². The predicted molar refractivity (Wildman–Crippen MR) is 154 cm³/mol. The molecule has 4 atom stereocenters. The number of imidazole rings is 1. The maximum absolute atomic E-state index is 10.4. The number of likely N-dealkylation sites (tertiary alicyclic amines) is 1. The van der Waals surface area contributed by atoms with E-state index >= 15 is 0 Å². The van der Waals surface area contributed by atoms with Crippen LogP contribution in [0, 0.1) is 17.2 Å². The Bertz CT molecular complexity index is 1600. The number of nitrogens with one attached hydrogen (secondary N) is 1. The number of aromatic amines is 1. The standard InChI is InChI=1S/C33H31ClN4/c1-22-20-38(17-16-33(22)15-12-23-4-2-3-5-28(23)33)27-13-14-32(19-27,21-35)25-8-6-24(7-9-25)31-36-29-11-10-26(34)18-30(29)37-31/h2-12,15,18,22,27H,13-14,16-17,19-20H2,1H3,(H,36,37)/t22-,27?,32?,33?/m0/s1. The van der Waals surface area contributed by atoms with Gasteiger partial charge in [0.2, 0.25) is 0 Å². The molecule has 1 saturated carbocycles. The van der Waals surface area contributed by atoms with Crippen LogP contribution in [0.15, 0.2) is 72.8 Å². The zero-order chi connectivity index (χ0) is 25.9. The zero-order valence-corrected chi connectivity index (χ0v) is 22.4. The van der Waals surface area contributed by atoms with Crippen molar-refractivity contribution in [1.82, 2.24) is 14.9 Å². The lowest BCUT2D eigenvalue weighted by molar-refractivity contribution is 0.0887. The predicted octanol–water partition coefficient (Wildman–Crippen LogP) is 7.50. The van der Waals surface area contributed by atoms with Crippen molar-refractivity contribution in [3.05, 3.63) is 94.5 Å². The molecule has 0 radical (unpaired) electrons. The van der Waals surface area contributed by atoms with Gasteiger partial charge in [-0.25, -0.2) is 4.98 Å². The molecule has 1 saturated heterocycles. The summed E-state index contributed by atoms with van der Waals surface area (Å²) in [5, 5.41) is 11.1. The Morgan fingerprint density at radius 2 is 1.92 bits per heavy atom. The molecule has 2 aliphatic carbocycles. The average Bonchev–Trinajstić information content (AvgIpc) is 3.67. The number of aromatic nitrogens is 2. The lowest BCUT2D eigenvalue weighted by atomic mass is 9.67. The molecule has 0 bridgehead atoms. The number of allylic oxidation sites excluding steroid dienone is 1. The lowest BCUT2D eigenvalue weighted by Crippen LogP contribution is -2.50. The minimum absolute atomic E-state index is 0.163. The molecule has 1 spiro atoms. The average molecular weight is 519 g/mol. The van der Waals surface area contributed by atoms with E-state index in [0.717, 1.165) is 66.8 Å². The number of fused-ring (bicyclic) bond motifs is 3. The van der Waals surface area contributed by atoms with Gasteiger partial charge in [-0.2, -0.15) is 5.26 Å². The van der Waals surface area contributed by atoms with Crippen LogP contribution in [-0.4, -0.2) is 34.0 Å². The molecule has 7 rings (SSSR count). The number of hydrogen-bond donors (Lipinski definition) is 1. The van der Waals surface area contributed by atoms with Gasteiger partial charge in [0.25, 0.3) is 0 Å². The van der Waals surface area contributed by atoms with Crippen LogP contribution < -0.4 is 0 Å². The van der Waals surface area contributed by atoms with Gasteiger partial charge in [0.15, 0.2) is 0 Å². The van der Waals surface area contributed by atoms with E-state index in [-0.39, 0.29) is 5.41 Å². The van der Waals surface area contributed by atoms with E-state index in [1.807, 2.05) is 18.2 Å². The number of nitrogens with zero attached hydrogens (tertiary/aromatic N) is 3. The van der Waals surface area contributed by atoms with E-state index in [4.69, 9.17) is 16.6 Å². The Labute approximate surface area is 229 Å². The van der Waals surface area contributed by atoms with Crippen molar-refractivity contribution < 1.29 is 0 Å². The summed E-state index contributed by atoms with van der Waals surface area (Å²) in [5.74, 6) is 1.37. The quantitative estimate of drug-likeness (QED) is 0.305. The first-order valence-corrected chi connectivity index (χ1v) is 14.1. The summed E-state index contributed by atoms with van der Waals surface area (Å²) in [6.07, 6.45) is 8.82. The highest BCUT2D eigenvalue weighted by molar-refractivity contribution is 6.31. The van der Waals surface area contributed by atoms with Crippen LogP contribution in [0.1, 0.15) is 49.3 Å². The number of halogens is 1. The van der Waals surface area contributed by atoms with E-state index in [1.54, 1.807) is 0 Å². The van der Waals surface area contributed by atoms with Crippen molar-refractivity contribution in [2.75, 3.05) is 13.1 Å². The van der Waals surface area contributed by atoms with Crippen molar-refractivity contribution in [2.24, 2.45) is 5.92 Å². The number of hydrogen-bond acceptors (Lipinski definition) is 3. The van der Waals surface area contributed by atoms with Crippen LogP contribution in [0.4, 0.5) is 0 Å². The number of benzene rings is 3. The monoisotopic (exact) mass is 518 g/mol. The van der Waals surface area contributed by atoms with Gasteiger partial charge in [0.05, 0.1) is 22.5 Å². The Kier molecular flexibility index (Phi) is 5.51. The molecule has 3 aromatic carbocycles. The fourth-order valence-electron chi connectivity index (χ4n) is 7.38. The van der Waals surface area contributed by atoms with Crippen LogP contribution >= 0.6 is 11.6 Å². The van der Waals surface area contributed by atoms with Gasteiger partial charge in [0, 0.05) is 28.6 Å². The third-order valence-corrected chi connectivity index (χ3v) is 9.83. The van der Waals surface area contributed by atoms with E-state index < -0.39 is 5.41 Å². The second kappa shape index (κ2) is 8.83. The van der Waals surface area contributed by atoms with Gasteiger partial charge in [0.1, 0.15) is 5.82 Å². The van der Waals surface area contributed by atoms with Crippen LogP contribution in [-0.2, 0) is 10.8 Å². The van der Waals surface area contributed by atoms with Gasteiger partial charge in [-0.3, -0.25) is 4.90 Å². The molecule has 38 heavy (non-hydrogen) atoms. The Morgan fingerprint density at radius 3 is 2.74 bits per heavy atom. The van der Waals surface area contributed by atoms with Crippen LogP contribution in [0.3, 0.4) is 0 Å². The summed E-state index contributed by atoms with van der Waals surface area (Å²) < 4.78 is 0. The molecule has 5 heteroatoms. The van der Waals surface area contributed by atoms with Crippen LogP contribution in [0.25, 0.3) is 28.5 Å². The minimum atomic E-state index is -0.428.